The predicted octanol–water partition coefficient (Wildman–Crippen LogP) is 1.39. The van der Waals surface area contributed by atoms with E-state index in [1.165, 1.54) is 0 Å². The maximum atomic E-state index is 12.8. The van der Waals surface area contributed by atoms with Gasteiger partial charge in [-0.05, 0) is 17.5 Å². The number of rotatable bonds is 4. The first-order valence-corrected chi connectivity index (χ1v) is 7.76. The molecule has 0 N–H and O–H groups in total. The van der Waals surface area contributed by atoms with Gasteiger partial charge < -0.3 is 19.1 Å². The molecule has 1 amide bonds. The molecule has 2 saturated heterocycles. The Bertz CT molecular complexity index is 525. The monoisotopic (exact) mass is 305 g/mol. The molecule has 0 radical (unpaired) electrons. The van der Waals surface area contributed by atoms with Crippen molar-refractivity contribution in [1.82, 2.24) is 4.90 Å². The molecule has 2 aliphatic heterocycles. The number of hydrogen-bond acceptors (Lipinski definition) is 4. The second-order valence-corrected chi connectivity index (χ2v) is 6.05. The number of hydrogen-bond donors (Lipinski definition) is 0. The number of amides is 1. The van der Waals surface area contributed by atoms with Crippen LogP contribution in [-0.4, -0.2) is 56.4 Å². The third-order valence-electron chi connectivity index (χ3n) is 4.44. The minimum Gasteiger partial charge on any atom is -0.380 e. The molecular formula is C17H23NO4. The third-order valence-corrected chi connectivity index (χ3v) is 4.44. The van der Waals surface area contributed by atoms with Crippen molar-refractivity contribution < 1.29 is 19.0 Å². The Morgan fingerprint density at radius 3 is 2.82 bits per heavy atom. The van der Waals surface area contributed by atoms with Gasteiger partial charge in [0, 0.05) is 20.3 Å². The van der Waals surface area contributed by atoms with Gasteiger partial charge in [0.25, 0.3) is 0 Å². The van der Waals surface area contributed by atoms with Crippen LogP contribution >= 0.6 is 0 Å². The minimum atomic E-state index is -0.251. The van der Waals surface area contributed by atoms with E-state index in [4.69, 9.17) is 14.2 Å². The van der Waals surface area contributed by atoms with Gasteiger partial charge in [0.05, 0.1) is 38.4 Å². The molecule has 5 nitrogen and oxygen atoms in total. The zero-order chi connectivity index (χ0) is 15.4. The Morgan fingerprint density at radius 1 is 1.27 bits per heavy atom. The van der Waals surface area contributed by atoms with Crippen LogP contribution in [0.15, 0.2) is 24.3 Å². The van der Waals surface area contributed by atoms with Crippen molar-refractivity contribution in [2.45, 2.75) is 25.0 Å². The first-order chi connectivity index (χ1) is 10.7. The van der Waals surface area contributed by atoms with E-state index in [1.54, 1.807) is 7.11 Å². The number of carbonyl (C=O) groups is 1. The highest BCUT2D eigenvalue weighted by molar-refractivity contribution is 5.80. The smallest absolute Gasteiger partial charge is 0.227 e. The fourth-order valence-corrected chi connectivity index (χ4v) is 3.31. The molecule has 1 aromatic rings. The van der Waals surface area contributed by atoms with E-state index in [0.717, 1.165) is 17.5 Å². The van der Waals surface area contributed by atoms with Gasteiger partial charge in [-0.15, -0.1) is 0 Å². The molecule has 1 spiro atoms. The molecule has 2 fully saturated rings. The number of carbonyl (C=O) groups excluding carboxylic acids is 1. The van der Waals surface area contributed by atoms with Gasteiger partial charge in [-0.1, -0.05) is 24.3 Å². The van der Waals surface area contributed by atoms with Gasteiger partial charge in [0.2, 0.25) is 5.91 Å². The molecule has 0 saturated carbocycles. The summed E-state index contributed by atoms with van der Waals surface area (Å²) in [6, 6.07) is 8.03. The summed E-state index contributed by atoms with van der Waals surface area (Å²) in [5.41, 5.74) is 1.87. The predicted molar refractivity (Wildman–Crippen MR) is 81.6 cm³/mol. The summed E-state index contributed by atoms with van der Waals surface area (Å²) in [7, 11) is 1.68. The van der Waals surface area contributed by atoms with E-state index >= 15 is 0 Å². The molecule has 0 aliphatic carbocycles. The molecule has 22 heavy (non-hydrogen) atoms. The topological polar surface area (TPSA) is 48.0 Å². The summed E-state index contributed by atoms with van der Waals surface area (Å²) in [5, 5.41) is 0. The van der Waals surface area contributed by atoms with E-state index in [9.17, 15) is 4.79 Å². The Hall–Kier alpha value is -1.43. The number of methoxy groups -OCH3 is 1. The lowest BCUT2D eigenvalue weighted by Gasteiger charge is -2.43. The Balaban J connectivity index is 1.71. The van der Waals surface area contributed by atoms with Crippen molar-refractivity contribution in [2.75, 3.05) is 40.1 Å². The SMILES string of the molecule is COCc1cccc(CC(=O)N2CCOCC23CCOC3)c1. The molecule has 2 aliphatic rings. The van der Waals surface area contributed by atoms with Crippen LogP contribution in [0.1, 0.15) is 17.5 Å². The lowest BCUT2D eigenvalue weighted by Crippen LogP contribution is -2.60. The van der Waals surface area contributed by atoms with E-state index in [-0.39, 0.29) is 11.4 Å². The number of ether oxygens (including phenoxy) is 3. The summed E-state index contributed by atoms with van der Waals surface area (Å²) in [6.07, 6.45) is 1.28. The van der Waals surface area contributed by atoms with Crippen molar-refractivity contribution in [3.63, 3.8) is 0 Å². The maximum Gasteiger partial charge on any atom is 0.227 e. The van der Waals surface area contributed by atoms with Gasteiger partial charge in [0.1, 0.15) is 0 Å². The van der Waals surface area contributed by atoms with Crippen molar-refractivity contribution in [1.29, 1.82) is 0 Å². The normalized spacial score (nSPS) is 24.9. The molecular weight excluding hydrogens is 282 g/mol. The molecule has 5 heteroatoms. The lowest BCUT2D eigenvalue weighted by molar-refractivity contribution is -0.148. The minimum absolute atomic E-state index is 0.156. The first-order valence-electron chi connectivity index (χ1n) is 7.76. The summed E-state index contributed by atoms with van der Waals surface area (Å²) >= 11 is 0. The fraction of sp³-hybridized carbons (Fsp3) is 0.588. The Labute approximate surface area is 131 Å². The quantitative estimate of drug-likeness (QED) is 0.843. The molecule has 0 bridgehead atoms. The van der Waals surface area contributed by atoms with Gasteiger partial charge >= 0.3 is 0 Å². The van der Waals surface area contributed by atoms with Crippen LogP contribution < -0.4 is 0 Å². The van der Waals surface area contributed by atoms with Crippen LogP contribution in [0.5, 0.6) is 0 Å². The molecule has 1 aromatic carbocycles. The zero-order valence-corrected chi connectivity index (χ0v) is 13.0. The standard InChI is InChI=1S/C17H23NO4/c1-20-11-15-4-2-3-14(9-15)10-16(19)18-6-8-22-13-17(18)5-7-21-12-17/h2-4,9H,5-8,10-13H2,1H3. The van der Waals surface area contributed by atoms with Gasteiger partial charge in [-0.3, -0.25) is 4.79 Å². The first kappa shape index (κ1) is 15.5. The van der Waals surface area contributed by atoms with E-state index in [1.807, 2.05) is 29.2 Å². The van der Waals surface area contributed by atoms with Crippen LogP contribution in [0.3, 0.4) is 0 Å². The highest BCUT2D eigenvalue weighted by Crippen LogP contribution is 2.30. The lowest BCUT2D eigenvalue weighted by atomic mass is 9.94. The van der Waals surface area contributed by atoms with E-state index < -0.39 is 0 Å². The molecule has 2 heterocycles. The molecule has 0 aromatic heterocycles. The summed E-state index contributed by atoms with van der Waals surface area (Å²) in [4.78, 5) is 14.8. The molecule has 3 rings (SSSR count). The second-order valence-electron chi connectivity index (χ2n) is 6.05. The third kappa shape index (κ3) is 3.16. The van der Waals surface area contributed by atoms with Gasteiger partial charge in [0.15, 0.2) is 0 Å². The van der Waals surface area contributed by atoms with Crippen molar-refractivity contribution in [3.8, 4) is 0 Å². The number of benzene rings is 1. The van der Waals surface area contributed by atoms with Gasteiger partial charge in [-0.2, -0.15) is 0 Å². The summed E-state index contributed by atoms with van der Waals surface area (Å²) in [6.45, 7) is 3.70. The van der Waals surface area contributed by atoms with Crippen LogP contribution in [0.4, 0.5) is 0 Å². The van der Waals surface area contributed by atoms with Crippen molar-refractivity contribution in [2.24, 2.45) is 0 Å². The molecule has 1 atom stereocenters. The van der Waals surface area contributed by atoms with Gasteiger partial charge in [-0.25, -0.2) is 0 Å². The molecule has 120 valence electrons. The Kier molecular flexibility index (Phi) is 4.76. The van der Waals surface area contributed by atoms with Crippen LogP contribution in [0.2, 0.25) is 0 Å². The largest absolute Gasteiger partial charge is 0.380 e. The number of nitrogens with zero attached hydrogens (tertiary/aromatic N) is 1. The molecule has 1 unspecified atom stereocenters. The van der Waals surface area contributed by atoms with Crippen molar-refractivity contribution >= 4 is 5.91 Å². The van der Waals surface area contributed by atoms with Crippen LogP contribution in [0.25, 0.3) is 0 Å². The fourth-order valence-electron chi connectivity index (χ4n) is 3.31. The summed E-state index contributed by atoms with van der Waals surface area (Å²) < 4.78 is 16.3. The van der Waals surface area contributed by atoms with E-state index in [0.29, 0.717) is 46.0 Å². The average molecular weight is 305 g/mol. The maximum absolute atomic E-state index is 12.8. The zero-order valence-electron chi connectivity index (χ0n) is 13.0. The van der Waals surface area contributed by atoms with Crippen LogP contribution in [0, 0.1) is 0 Å². The summed E-state index contributed by atoms with van der Waals surface area (Å²) in [5.74, 6) is 0.156. The highest BCUT2D eigenvalue weighted by atomic mass is 16.5. The average Bonchev–Trinajstić information content (AvgIpc) is 2.97. The second kappa shape index (κ2) is 6.77. The number of morpholine rings is 1. The van der Waals surface area contributed by atoms with Crippen LogP contribution in [-0.2, 0) is 32.0 Å². The van der Waals surface area contributed by atoms with E-state index in [2.05, 4.69) is 0 Å². The van der Waals surface area contributed by atoms with Crippen molar-refractivity contribution in [3.05, 3.63) is 35.4 Å². The highest BCUT2D eigenvalue weighted by Gasteiger charge is 2.45. The Morgan fingerprint density at radius 2 is 2.05 bits per heavy atom.